The lowest BCUT2D eigenvalue weighted by Crippen LogP contribution is -2.28. The van der Waals surface area contributed by atoms with Crippen LogP contribution in [-0.4, -0.2) is 0 Å². The van der Waals surface area contributed by atoms with Gasteiger partial charge in [-0.3, -0.25) is 0 Å². The van der Waals surface area contributed by atoms with Crippen LogP contribution in [0.15, 0.2) is 247 Å². The molecule has 0 aliphatic heterocycles. The Labute approximate surface area is 379 Å². The van der Waals surface area contributed by atoms with Gasteiger partial charge >= 0.3 is 0 Å². The summed E-state index contributed by atoms with van der Waals surface area (Å²) in [6, 6.07) is 89.0. The fourth-order valence-corrected chi connectivity index (χ4v) is 11.5. The predicted octanol–water partition coefficient (Wildman–Crippen LogP) is 16.4. The molecule has 2 nitrogen and oxygen atoms in total. The largest absolute Gasteiger partial charge is 0.454 e. The molecule has 0 amide bonds. The quantitative estimate of drug-likeness (QED) is 0.159. The number of fused-ring (bicyclic) bond motifs is 9. The van der Waals surface area contributed by atoms with Gasteiger partial charge in [0, 0.05) is 27.6 Å². The zero-order chi connectivity index (χ0) is 43.1. The first kappa shape index (κ1) is 37.4. The van der Waals surface area contributed by atoms with E-state index < -0.39 is 5.41 Å². The zero-order valence-corrected chi connectivity index (χ0v) is 35.9. The number of rotatable bonds is 7. The molecule has 10 aromatic carbocycles. The third kappa shape index (κ3) is 5.41. The molecule has 2 aliphatic carbocycles. The maximum atomic E-state index is 6.77. The summed E-state index contributed by atoms with van der Waals surface area (Å²) in [7, 11) is 0. The molecule has 2 aliphatic rings. The smallest absolute Gasteiger partial charge is 0.159 e. The Morgan fingerprint density at radius 1 is 0.354 bits per heavy atom. The second kappa shape index (κ2) is 14.4. The lowest BCUT2D eigenvalue weighted by Gasteiger charge is -2.34. The molecule has 0 N–H and O–H groups in total. The molecule has 0 saturated carbocycles. The van der Waals surface area contributed by atoms with Crippen molar-refractivity contribution in [2.75, 3.05) is 4.90 Å². The number of hydrogen-bond donors (Lipinski definition) is 0. The number of para-hydroxylation sites is 2. The van der Waals surface area contributed by atoms with Crippen LogP contribution in [0.4, 0.5) is 17.1 Å². The second-order valence-corrected chi connectivity index (χ2v) is 17.7. The van der Waals surface area contributed by atoms with Gasteiger partial charge in [0.1, 0.15) is 5.58 Å². The Bertz CT molecular complexity index is 3570. The van der Waals surface area contributed by atoms with E-state index in [1.165, 1.54) is 66.8 Å². The number of hydrogen-bond acceptors (Lipinski definition) is 2. The van der Waals surface area contributed by atoms with Gasteiger partial charge in [0.2, 0.25) is 0 Å². The Morgan fingerprint density at radius 3 is 1.60 bits per heavy atom. The van der Waals surface area contributed by atoms with Gasteiger partial charge in [0.05, 0.1) is 11.1 Å². The van der Waals surface area contributed by atoms with Gasteiger partial charge in [-0.2, -0.15) is 0 Å². The van der Waals surface area contributed by atoms with Crippen molar-refractivity contribution < 1.29 is 4.42 Å². The van der Waals surface area contributed by atoms with Crippen LogP contribution in [-0.2, 0) is 10.8 Å². The van der Waals surface area contributed by atoms with E-state index in [-0.39, 0.29) is 5.41 Å². The summed E-state index contributed by atoms with van der Waals surface area (Å²) in [5.41, 5.74) is 20.6. The van der Waals surface area contributed by atoms with Crippen LogP contribution in [0, 0.1) is 0 Å². The molecular weight excluding hydrogens is 787 g/mol. The number of anilines is 3. The van der Waals surface area contributed by atoms with Crippen LogP contribution in [0.5, 0.6) is 0 Å². The maximum absolute atomic E-state index is 6.77. The average Bonchev–Trinajstić information content (AvgIpc) is 4.00. The molecule has 1 heterocycles. The van der Waals surface area contributed by atoms with Crippen LogP contribution in [0.3, 0.4) is 0 Å². The van der Waals surface area contributed by atoms with E-state index in [4.69, 9.17) is 4.42 Å². The third-order valence-electron chi connectivity index (χ3n) is 14.4. The molecule has 1 aromatic heterocycles. The molecule has 306 valence electrons. The molecule has 0 spiro atoms. The minimum Gasteiger partial charge on any atom is -0.454 e. The number of furan rings is 1. The van der Waals surface area contributed by atoms with E-state index in [9.17, 15) is 0 Å². The van der Waals surface area contributed by atoms with Crippen molar-refractivity contribution in [2.45, 2.75) is 17.8 Å². The summed E-state index contributed by atoms with van der Waals surface area (Å²) in [6.45, 7) is 2.38. The fraction of sp³-hybridized carbons (Fsp3) is 0.0476. The highest BCUT2D eigenvalue weighted by molar-refractivity contribution is 6.10. The number of benzene rings is 10. The van der Waals surface area contributed by atoms with Crippen molar-refractivity contribution in [3.63, 3.8) is 0 Å². The van der Waals surface area contributed by atoms with Crippen LogP contribution < -0.4 is 4.90 Å². The Hall–Kier alpha value is -8.20. The average molecular weight is 830 g/mol. The summed E-state index contributed by atoms with van der Waals surface area (Å²) in [5, 5.41) is 2.21. The lowest BCUT2D eigenvalue weighted by atomic mass is 9.67. The van der Waals surface area contributed by atoms with Gasteiger partial charge in [0.15, 0.2) is 5.58 Å². The molecule has 1 unspecified atom stereocenters. The molecule has 65 heavy (non-hydrogen) atoms. The van der Waals surface area contributed by atoms with Crippen molar-refractivity contribution in [3.05, 3.63) is 282 Å². The van der Waals surface area contributed by atoms with E-state index in [1.807, 2.05) is 6.07 Å². The lowest BCUT2D eigenvalue weighted by molar-refractivity contribution is 0.669. The topological polar surface area (TPSA) is 16.4 Å². The molecule has 0 bridgehead atoms. The highest BCUT2D eigenvalue weighted by atomic mass is 16.3. The third-order valence-corrected chi connectivity index (χ3v) is 14.4. The van der Waals surface area contributed by atoms with Gasteiger partial charge in [0.25, 0.3) is 0 Å². The van der Waals surface area contributed by atoms with Gasteiger partial charge in [-0.05, 0) is 122 Å². The van der Waals surface area contributed by atoms with Crippen molar-refractivity contribution in [3.8, 4) is 33.4 Å². The van der Waals surface area contributed by atoms with Crippen molar-refractivity contribution in [2.24, 2.45) is 0 Å². The molecule has 0 radical (unpaired) electrons. The molecular formula is C63H43NO. The fourth-order valence-electron chi connectivity index (χ4n) is 11.5. The maximum Gasteiger partial charge on any atom is 0.159 e. The SMILES string of the molecule is CC1(c2ccccc2)c2ccccc2-c2ccc(N(c3ccc(-c4ccc5c(c4)C(c4ccccc4)(c4ccccc4)c4ccccc4-5)cc3)c3cccc4c3oc3ccccc34)cc21. The predicted molar refractivity (Wildman–Crippen MR) is 269 cm³/mol. The Kier molecular flexibility index (Phi) is 8.29. The first-order valence-corrected chi connectivity index (χ1v) is 22.6. The minimum absolute atomic E-state index is 0.341. The van der Waals surface area contributed by atoms with E-state index in [2.05, 4.69) is 248 Å². The molecule has 0 fully saturated rings. The normalized spacial score (nSPS) is 15.3. The highest BCUT2D eigenvalue weighted by Crippen LogP contribution is 2.57. The standard InChI is InChI=1S/C63H43NO/c1-62(44-18-5-2-6-19-44)55-28-14-11-24-49(55)51-39-37-48(41-57(51)62)64(59-30-17-27-54-53-26-13-16-31-60(53)65-61(54)59)47-35-32-42(33-36-47)43-34-38-52-50-25-12-15-29-56(50)63(58(52)40-43,45-20-7-3-8-21-45)46-22-9-4-10-23-46/h2-41H,1H3. The van der Waals surface area contributed by atoms with E-state index in [0.29, 0.717) is 0 Å². The van der Waals surface area contributed by atoms with Crippen LogP contribution in [0.25, 0.3) is 55.3 Å². The molecule has 13 rings (SSSR count). The molecule has 1 atom stereocenters. The molecule has 0 saturated heterocycles. The van der Waals surface area contributed by atoms with Crippen LogP contribution >= 0.6 is 0 Å². The molecule has 2 heteroatoms. The summed E-state index contributed by atoms with van der Waals surface area (Å²) < 4.78 is 6.77. The van der Waals surface area contributed by atoms with Crippen molar-refractivity contribution >= 4 is 39.0 Å². The van der Waals surface area contributed by atoms with Gasteiger partial charge in [-0.15, -0.1) is 0 Å². The summed E-state index contributed by atoms with van der Waals surface area (Å²) >= 11 is 0. The van der Waals surface area contributed by atoms with E-state index in [1.54, 1.807) is 0 Å². The number of nitrogens with zero attached hydrogens (tertiary/aromatic N) is 1. The Morgan fingerprint density at radius 2 is 0.877 bits per heavy atom. The summed E-state index contributed by atoms with van der Waals surface area (Å²) in [5.74, 6) is 0. The van der Waals surface area contributed by atoms with Crippen LogP contribution in [0.1, 0.15) is 45.9 Å². The Balaban J connectivity index is 0.987. The summed E-state index contributed by atoms with van der Waals surface area (Å²) in [4.78, 5) is 2.39. The first-order chi connectivity index (χ1) is 32.1. The summed E-state index contributed by atoms with van der Waals surface area (Å²) in [6.07, 6.45) is 0. The minimum atomic E-state index is -0.464. The second-order valence-electron chi connectivity index (χ2n) is 17.7. The monoisotopic (exact) mass is 829 g/mol. The zero-order valence-electron chi connectivity index (χ0n) is 35.9. The van der Waals surface area contributed by atoms with Gasteiger partial charge in [-0.25, -0.2) is 0 Å². The first-order valence-electron chi connectivity index (χ1n) is 22.6. The van der Waals surface area contributed by atoms with E-state index in [0.717, 1.165) is 44.6 Å². The van der Waals surface area contributed by atoms with Crippen LogP contribution in [0.2, 0.25) is 0 Å². The van der Waals surface area contributed by atoms with Gasteiger partial charge < -0.3 is 9.32 Å². The van der Waals surface area contributed by atoms with Gasteiger partial charge in [-0.1, -0.05) is 200 Å². The highest BCUT2D eigenvalue weighted by Gasteiger charge is 2.46. The van der Waals surface area contributed by atoms with E-state index >= 15 is 0 Å². The van der Waals surface area contributed by atoms with Crippen molar-refractivity contribution in [1.82, 2.24) is 0 Å². The molecule has 11 aromatic rings. The van der Waals surface area contributed by atoms with Crippen molar-refractivity contribution in [1.29, 1.82) is 0 Å².